The highest BCUT2D eigenvalue weighted by Gasteiger charge is 2.16. The fourth-order valence-electron chi connectivity index (χ4n) is 2.76. The molecule has 0 saturated carbocycles. The second-order valence-corrected chi connectivity index (χ2v) is 6.10. The largest absolute Gasteiger partial charge is 0.486 e. The molecule has 1 atom stereocenters. The first-order chi connectivity index (χ1) is 13.1. The molecule has 27 heavy (non-hydrogen) atoms. The quantitative estimate of drug-likeness (QED) is 0.633. The van der Waals surface area contributed by atoms with Crippen LogP contribution < -0.4 is 20.1 Å². The van der Waals surface area contributed by atoms with Crippen LogP contribution in [-0.2, 0) is 4.79 Å². The molecule has 2 aromatic carbocycles. The zero-order chi connectivity index (χ0) is 18.8. The minimum absolute atomic E-state index is 0.352. The first-order valence-electron chi connectivity index (χ1n) is 8.53. The molecular formula is C19H18N4O4. The predicted molar refractivity (Wildman–Crippen MR) is 101 cm³/mol. The average molecular weight is 366 g/mol. The van der Waals surface area contributed by atoms with Crippen LogP contribution in [0.3, 0.4) is 0 Å². The van der Waals surface area contributed by atoms with Gasteiger partial charge in [0.1, 0.15) is 25.1 Å². The number of ether oxygens (including phenoxy) is 2. The molecule has 0 radical (unpaired) electrons. The molecule has 4 rings (SSSR count). The number of carboxylic acid groups (broad SMARTS) is 1. The topological polar surface area (TPSA) is 106 Å². The van der Waals surface area contributed by atoms with Crippen LogP contribution in [0.1, 0.15) is 6.92 Å². The molecule has 1 aliphatic heterocycles. The summed E-state index contributed by atoms with van der Waals surface area (Å²) in [7, 11) is 0. The highest BCUT2D eigenvalue weighted by molar-refractivity contribution is 5.92. The molecule has 3 aromatic rings. The van der Waals surface area contributed by atoms with Gasteiger partial charge < -0.3 is 25.2 Å². The summed E-state index contributed by atoms with van der Waals surface area (Å²) < 4.78 is 11.1. The lowest BCUT2D eigenvalue weighted by Gasteiger charge is -2.19. The molecule has 1 aromatic heterocycles. The summed E-state index contributed by atoms with van der Waals surface area (Å²) in [6.07, 6.45) is 0. The summed E-state index contributed by atoms with van der Waals surface area (Å²) in [5.41, 5.74) is 1.44. The maximum Gasteiger partial charge on any atom is 0.325 e. The number of nitrogens with one attached hydrogen (secondary N) is 2. The Bertz CT molecular complexity index is 1010. The van der Waals surface area contributed by atoms with Crippen LogP contribution in [0.15, 0.2) is 42.5 Å². The number of carbonyl (C=O) groups is 1. The minimum Gasteiger partial charge on any atom is -0.486 e. The number of hydrogen-bond acceptors (Lipinski definition) is 7. The smallest absolute Gasteiger partial charge is 0.325 e. The third-order valence-electron chi connectivity index (χ3n) is 4.13. The van der Waals surface area contributed by atoms with Gasteiger partial charge in [-0.05, 0) is 31.2 Å². The number of rotatable bonds is 5. The summed E-state index contributed by atoms with van der Waals surface area (Å²) in [6.45, 7) is 2.60. The Morgan fingerprint density at radius 1 is 1.11 bits per heavy atom. The molecule has 2 heterocycles. The molecular weight excluding hydrogens is 348 g/mol. The number of anilines is 3. The van der Waals surface area contributed by atoms with Crippen molar-refractivity contribution in [2.75, 3.05) is 23.8 Å². The number of benzene rings is 2. The van der Waals surface area contributed by atoms with Crippen molar-refractivity contribution in [1.82, 2.24) is 9.97 Å². The van der Waals surface area contributed by atoms with E-state index < -0.39 is 12.0 Å². The van der Waals surface area contributed by atoms with Gasteiger partial charge in [-0.2, -0.15) is 4.98 Å². The number of carboxylic acids is 1. The Morgan fingerprint density at radius 3 is 2.70 bits per heavy atom. The molecule has 138 valence electrons. The van der Waals surface area contributed by atoms with Gasteiger partial charge >= 0.3 is 5.97 Å². The lowest BCUT2D eigenvalue weighted by atomic mass is 10.2. The van der Waals surface area contributed by atoms with E-state index in [2.05, 4.69) is 20.6 Å². The van der Waals surface area contributed by atoms with E-state index in [-0.39, 0.29) is 0 Å². The SMILES string of the molecule is CC(Nc1nc(Nc2ccc3c(c2)OCCO3)nc2ccccc12)C(=O)O. The third kappa shape index (κ3) is 3.55. The number of hydrogen-bond donors (Lipinski definition) is 3. The number of nitrogens with zero attached hydrogens (tertiary/aromatic N) is 2. The maximum absolute atomic E-state index is 11.2. The van der Waals surface area contributed by atoms with E-state index in [0.29, 0.717) is 42.0 Å². The molecule has 1 aliphatic rings. The number of aliphatic carboxylic acids is 1. The second-order valence-electron chi connectivity index (χ2n) is 6.10. The normalized spacial score (nSPS) is 13.8. The van der Waals surface area contributed by atoms with E-state index >= 15 is 0 Å². The average Bonchev–Trinajstić information content (AvgIpc) is 2.68. The van der Waals surface area contributed by atoms with Gasteiger partial charge in [0.15, 0.2) is 11.5 Å². The van der Waals surface area contributed by atoms with E-state index in [1.165, 1.54) is 0 Å². The van der Waals surface area contributed by atoms with Crippen molar-refractivity contribution in [2.45, 2.75) is 13.0 Å². The summed E-state index contributed by atoms with van der Waals surface area (Å²) in [6, 6.07) is 12.1. The molecule has 8 nitrogen and oxygen atoms in total. The van der Waals surface area contributed by atoms with Gasteiger partial charge in [0.25, 0.3) is 0 Å². The zero-order valence-corrected chi connectivity index (χ0v) is 14.6. The molecule has 0 saturated heterocycles. The summed E-state index contributed by atoms with van der Waals surface area (Å²) in [5, 5.41) is 16.0. The van der Waals surface area contributed by atoms with Crippen LogP contribution in [0.25, 0.3) is 10.9 Å². The third-order valence-corrected chi connectivity index (χ3v) is 4.13. The van der Waals surface area contributed by atoms with Gasteiger partial charge in [0, 0.05) is 17.1 Å². The Hall–Kier alpha value is -3.55. The van der Waals surface area contributed by atoms with Crippen LogP contribution in [0.4, 0.5) is 17.5 Å². The van der Waals surface area contributed by atoms with Crippen molar-refractivity contribution in [3.05, 3.63) is 42.5 Å². The fraction of sp³-hybridized carbons (Fsp3) is 0.211. The Balaban J connectivity index is 1.68. The summed E-state index contributed by atoms with van der Waals surface area (Å²) >= 11 is 0. The Morgan fingerprint density at radius 2 is 1.89 bits per heavy atom. The van der Waals surface area contributed by atoms with Crippen LogP contribution in [0.5, 0.6) is 11.5 Å². The van der Waals surface area contributed by atoms with Gasteiger partial charge in [-0.25, -0.2) is 4.98 Å². The number of aromatic nitrogens is 2. The van der Waals surface area contributed by atoms with Crippen molar-refractivity contribution < 1.29 is 19.4 Å². The van der Waals surface area contributed by atoms with E-state index in [9.17, 15) is 9.90 Å². The lowest BCUT2D eigenvalue weighted by Crippen LogP contribution is -2.26. The van der Waals surface area contributed by atoms with E-state index in [0.717, 1.165) is 11.1 Å². The van der Waals surface area contributed by atoms with E-state index in [4.69, 9.17) is 9.47 Å². The minimum atomic E-state index is -0.959. The van der Waals surface area contributed by atoms with Crippen LogP contribution in [0, 0.1) is 0 Å². The predicted octanol–water partition coefficient (Wildman–Crippen LogP) is 3.03. The van der Waals surface area contributed by atoms with Crippen LogP contribution in [-0.4, -0.2) is 40.3 Å². The molecule has 0 fully saturated rings. The number of para-hydroxylation sites is 1. The van der Waals surface area contributed by atoms with Gasteiger partial charge in [0.05, 0.1) is 5.52 Å². The summed E-state index contributed by atoms with van der Waals surface area (Å²) in [4.78, 5) is 20.2. The van der Waals surface area contributed by atoms with Gasteiger partial charge in [-0.3, -0.25) is 4.79 Å². The highest BCUT2D eigenvalue weighted by atomic mass is 16.6. The van der Waals surface area contributed by atoms with Gasteiger partial charge in [-0.1, -0.05) is 12.1 Å². The van der Waals surface area contributed by atoms with E-state index in [1.807, 2.05) is 42.5 Å². The molecule has 0 spiro atoms. The zero-order valence-electron chi connectivity index (χ0n) is 14.6. The first kappa shape index (κ1) is 16.9. The highest BCUT2D eigenvalue weighted by Crippen LogP contribution is 2.33. The van der Waals surface area contributed by atoms with Crippen molar-refractivity contribution in [1.29, 1.82) is 0 Å². The molecule has 0 aliphatic carbocycles. The van der Waals surface area contributed by atoms with Gasteiger partial charge in [-0.15, -0.1) is 0 Å². The maximum atomic E-state index is 11.2. The fourth-order valence-corrected chi connectivity index (χ4v) is 2.76. The number of fused-ring (bicyclic) bond motifs is 2. The van der Waals surface area contributed by atoms with Crippen molar-refractivity contribution >= 4 is 34.3 Å². The van der Waals surface area contributed by atoms with Crippen molar-refractivity contribution in [2.24, 2.45) is 0 Å². The monoisotopic (exact) mass is 366 g/mol. The van der Waals surface area contributed by atoms with Gasteiger partial charge in [0.2, 0.25) is 5.95 Å². The Labute approximate surface area is 155 Å². The van der Waals surface area contributed by atoms with Crippen LogP contribution >= 0.6 is 0 Å². The Kier molecular flexibility index (Phi) is 4.37. The van der Waals surface area contributed by atoms with Crippen molar-refractivity contribution in [3.63, 3.8) is 0 Å². The molecule has 0 amide bonds. The molecule has 8 heteroatoms. The molecule has 0 bridgehead atoms. The van der Waals surface area contributed by atoms with Crippen molar-refractivity contribution in [3.8, 4) is 11.5 Å². The lowest BCUT2D eigenvalue weighted by molar-refractivity contribution is -0.137. The van der Waals surface area contributed by atoms with E-state index in [1.54, 1.807) is 6.92 Å². The van der Waals surface area contributed by atoms with Crippen LogP contribution in [0.2, 0.25) is 0 Å². The first-order valence-corrected chi connectivity index (χ1v) is 8.53. The molecule has 3 N–H and O–H groups in total. The molecule has 1 unspecified atom stereocenters. The second kappa shape index (κ2) is 6.99. The summed E-state index contributed by atoms with van der Waals surface area (Å²) in [5.74, 6) is 1.20. The standard InChI is InChI=1S/C19H18N4O4/c1-11(18(24)25)20-17-13-4-2-3-5-14(13)22-19(23-17)21-12-6-7-15-16(10-12)27-9-8-26-15/h2-7,10-11H,8-9H2,1H3,(H,24,25)(H2,20,21,22,23).